The van der Waals surface area contributed by atoms with E-state index < -0.39 is 0 Å². The van der Waals surface area contributed by atoms with Crippen molar-refractivity contribution in [1.82, 2.24) is 0 Å². The van der Waals surface area contributed by atoms with E-state index in [9.17, 15) is 4.79 Å². The van der Waals surface area contributed by atoms with Crippen LogP contribution in [0.1, 0.15) is 6.92 Å². The highest BCUT2D eigenvalue weighted by molar-refractivity contribution is 5.88. The largest absolute Gasteiger partial charge is 0.326 e. The summed E-state index contributed by atoms with van der Waals surface area (Å²) in [7, 11) is 0. The molecule has 1 rings (SSSR count). The minimum Gasteiger partial charge on any atom is -0.326 e. The van der Waals surface area contributed by atoms with Gasteiger partial charge in [-0.2, -0.15) is 0 Å². The second kappa shape index (κ2) is 3.01. The molecule has 2 heteroatoms. The number of rotatable bonds is 1. The monoisotopic (exact) mass is 134 g/mol. The third kappa shape index (κ3) is 1.90. The Bertz CT molecular complexity index is 218. The first kappa shape index (κ1) is 6.81. The minimum absolute atomic E-state index is 0.0359. The van der Waals surface area contributed by atoms with Crippen LogP contribution in [0, 0.1) is 0 Å². The Morgan fingerprint density at radius 1 is 1.30 bits per heavy atom. The molecule has 0 unspecified atom stereocenters. The summed E-state index contributed by atoms with van der Waals surface area (Å²) < 4.78 is 0. The van der Waals surface area contributed by atoms with E-state index in [1.165, 1.54) is 6.92 Å². The number of amides is 1. The smallest absolute Gasteiger partial charge is 0.221 e. The van der Waals surface area contributed by atoms with E-state index in [0.717, 1.165) is 5.69 Å². The maximum atomic E-state index is 10.5. The van der Waals surface area contributed by atoms with Gasteiger partial charge in [0.1, 0.15) is 0 Å². The van der Waals surface area contributed by atoms with E-state index in [-0.39, 0.29) is 5.91 Å². The van der Waals surface area contributed by atoms with Crippen molar-refractivity contribution in [3.8, 4) is 0 Å². The predicted octanol–water partition coefficient (Wildman–Crippen LogP) is 1.64. The van der Waals surface area contributed by atoms with Gasteiger partial charge in [-0.25, -0.2) is 0 Å². The quantitative estimate of drug-likeness (QED) is 0.621. The van der Waals surface area contributed by atoms with Crippen LogP contribution >= 0.6 is 0 Å². The van der Waals surface area contributed by atoms with Gasteiger partial charge in [0, 0.05) is 12.6 Å². The number of benzene rings is 1. The molecule has 0 aromatic heterocycles. The lowest BCUT2D eigenvalue weighted by molar-refractivity contribution is -0.114. The molecule has 1 aromatic rings. The normalized spacial score (nSPS) is 8.90. The SMILES string of the molecule is C[11C](=O)Nc1ccccc1. The van der Waals surface area contributed by atoms with Crippen LogP contribution in [0.15, 0.2) is 30.3 Å². The number of nitrogens with one attached hydrogen (secondary N) is 1. The number of hydrogen-bond acceptors (Lipinski definition) is 1. The Morgan fingerprint density at radius 3 is 2.40 bits per heavy atom. The molecule has 0 atom stereocenters. The first-order valence-corrected chi connectivity index (χ1v) is 3.11. The Morgan fingerprint density at radius 2 is 1.90 bits per heavy atom. The van der Waals surface area contributed by atoms with Gasteiger partial charge in [-0.3, -0.25) is 4.79 Å². The van der Waals surface area contributed by atoms with Crippen molar-refractivity contribution in [3.05, 3.63) is 30.3 Å². The summed E-state index contributed by atoms with van der Waals surface area (Å²) in [6, 6.07) is 9.37. The van der Waals surface area contributed by atoms with Crippen LogP contribution in [-0.2, 0) is 4.79 Å². The summed E-state index contributed by atoms with van der Waals surface area (Å²) >= 11 is 0. The molecule has 10 heavy (non-hydrogen) atoms. The van der Waals surface area contributed by atoms with E-state index >= 15 is 0 Å². The molecule has 0 fully saturated rings. The van der Waals surface area contributed by atoms with Gasteiger partial charge in [-0.05, 0) is 12.1 Å². The second-order valence-corrected chi connectivity index (χ2v) is 2.05. The highest BCUT2D eigenvalue weighted by atomic mass is 16.1. The zero-order valence-electron chi connectivity index (χ0n) is 5.79. The van der Waals surface area contributed by atoms with E-state index in [1.54, 1.807) is 0 Å². The number of para-hydroxylation sites is 1. The molecule has 0 radical (unpaired) electrons. The fourth-order valence-electron chi connectivity index (χ4n) is 0.725. The molecule has 0 heterocycles. The Balaban J connectivity index is 2.67. The van der Waals surface area contributed by atoms with Gasteiger partial charge in [0.25, 0.3) is 0 Å². The molecule has 0 spiro atoms. The molecule has 0 saturated heterocycles. The lowest BCUT2D eigenvalue weighted by Gasteiger charge is -1.98. The summed E-state index contributed by atoms with van der Waals surface area (Å²) in [5.41, 5.74) is 0.843. The van der Waals surface area contributed by atoms with Crippen LogP contribution in [0.25, 0.3) is 0 Å². The third-order valence-electron chi connectivity index (χ3n) is 1.09. The molecule has 0 bridgehead atoms. The summed E-state index contributed by atoms with van der Waals surface area (Å²) in [5, 5.41) is 2.67. The Labute approximate surface area is 59.9 Å². The molecule has 0 aliphatic heterocycles. The molecule has 0 aliphatic carbocycles. The van der Waals surface area contributed by atoms with E-state index in [4.69, 9.17) is 0 Å². The molecule has 0 aliphatic rings. The molecular formula is C8H9NO. The van der Waals surface area contributed by atoms with Gasteiger partial charge in [-0.15, -0.1) is 0 Å². The predicted molar refractivity (Wildman–Crippen MR) is 40.7 cm³/mol. The highest BCUT2D eigenvalue weighted by Crippen LogP contribution is 2.03. The molecule has 1 aromatic carbocycles. The van der Waals surface area contributed by atoms with Crippen LogP contribution in [-0.4, -0.2) is 5.91 Å². The molecule has 1 amide bonds. The fourth-order valence-corrected chi connectivity index (χ4v) is 0.725. The minimum atomic E-state index is -0.0359. The fraction of sp³-hybridized carbons (Fsp3) is 0.125. The molecule has 2 nitrogen and oxygen atoms in total. The van der Waals surface area contributed by atoms with Crippen molar-refractivity contribution in [2.45, 2.75) is 6.92 Å². The molecular weight excluding hydrogens is 125 g/mol. The lowest BCUT2D eigenvalue weighted by atomic mass is 10.1. The second-order valence-electron chi connectivity index (χ2n) is 2.05. The van der Waals surface area contributed by atoms with Gasteiger partial charge < -0.3 is 5.32 Å². The van der Waals surface area contributed by atoms with Gasteiger partial charge >= 0.3 is 0 Å². The van der Waals surface area contributed by atoms with E-state index in [0.29, 0.717) is 0 Å². The summed E-state index contributed by atoms with van der Waals surface area (Å²) in [4.78, 5) is 10.5. The third-order valence-corrected chi connectivity index (χ3v) is 1.09. The van der Waals surface area contributed by atoms with Crippen molar-refractivity contribution in [2.24, 2.45) is 0 Å². The number of carbonyl (C=O) groups is 1. The van der Waals surface area contributed by atoms with Crippen molar-refractivity contribution >= 4 is 11.6 Å². The van der Waals surface area contributed by atoms with Crippen molar-refractivity contribution in [3.63, 3.8) is 0 Å². The average molecular weight is 134 g/mol. The Kier molecular flexibility index (Phi) is 2.05. The Hall–Kier alpha value is -1.31. The van der Waals surface area contributed by atoms with Crippen molar-refractivity contribution < 1.29 is 4.79 Å². The standard InChI is InChI=1S/C8H9NO/c1-7(10)9-8-5-3-2-4-6-8/h2-6H,1H3,(H,9,10)/i7-1. The maximum absolute atomic E-state index is 10.5. The van der Waals surface area contributed by atoms with Crippen molar-refractivity contribution in [2.75, 3.05) is 5.32 Å². The van der Waals surface area contributed by atoms with E-state index in [2.05, 4.69) is 5.32 Å². The van der Waals surface area contributed by atoms with Gasteiger partial charge in [0.2, 0.25) is 5.91 Å². The van der Waals surface area contributed by atoms with Gasteiger partial charge in [-0.1, -0.05) is 18.2 Å². The average Bonchev–Trinajstić information content (AvgIpc) is 1.88. The van der Waals surface area contributed by atoms with Crippen LogP contribution < -0.4 is 5.32 Å². The van der Waals surface area contributed by atoms with Crippen LogP contribution in [0.4, 0.5) is 5.69 Å². The zero-order valence-corrected chi connectivity index (χ0v) is 5.79. The first-order chi connectivity index (χ1) is 4.79. The van der Waals surface area contributed by atoms with Crippen LogP contribution in [0.5, 0.6) is 0 Å². The molecule has 1 N–H and O–H groups in total. The van der Waals surface area contributed by atoms with Crippen LogP contribution in [0.2, 0.25) is 0 Å². The van der Waals surface area contributed by atoms with Crippen LogP contribution in [0.3, 0.4) is 0 Å². The highest BCUT2D eigenvalue weighted by Gasteiger charge is 1.90. The van der Waals surface area contributed by atoms with Crippen molar-refractivity contribution in [1.29, 1.82) is 0 Å². The van der Waals surface area contributed by atoms with Gasteiger partial charge in [0.05, 0.1) is 0 Å². The lowest BCUT2D eigenvalue weighted by Crippen LogP contribution is -2.04. The number of hydrogen-bond donors (Lipinski definition) is 1. The molecule has 52 valence electrons. The molecule has 0 saturated carbocycles. The van der Waals surface area contributed by atoms with Gasteiger partial charge in [0.15, 0.2) is 0 Å². The zero-order chi connectivity index (χ0) is 7.40. The summed E-state index contributed by atoms with van der Waals surface area (Å²) in [6.07, 6.45) is 0. The number of carbonyl (C=O) groups excluding carboxylic acids is 1. The topological polar surface area (TPSA) is 29.1 Å². The first-order valence-electron chi connectivity index (χ1n) is 3.11. The number of anilines is 1. The summed E-state index contributed by atoms with van der Waals surface area (Å²) in [6.45, 7) is 1.49. The maximum Gasteiger partial charge on any atom is 0.221 e. The van der Waals surface area contributed by atoms with E-state index in [1.807, 2.05) is 30.3 Å². The summed E-state index contributed by atoms with van der Waals surface area (Å²) in [5.74, 6) is -0.0359.